The van der Waals surface area contributed by atoms with Crippen LogP contribution in [-0.2, 0) is 9.36 Å². The lowest BCUT2D eigenvalue weighted by atomic mass is 10.1. The van der Waals surface area contributed by atoms with Crippen LogP contribution < -0.4 is 15.2 Å². The van der Waals surface area contributed by atoms with E-state index in [1.807, 2.05) is 6.92 Å². The van der Waals surface area contributed by atoms with Gasteiger partial charge < -0.3 is 15.2 Å². The number of para-hydroxylation sites is 1. The highest BCUT2D eigenvalue weighted by molar-refractivity contribution is 7.46. The fourth-order valence-corrected chi connectivity index (χ4v) is 1.83. The Balaban J connectivity index is 0. The molecule has 1 aromatic carbocycles. The number of halogens is 1. The van der Waals surface area contributed by atoms with E-state index in [1.54, 1.807) is 0 Å². The molecule has 1 amide bonds. The largest absolute Gasteiger partial charge is 0.524 e. The summed E-state index contributed by atoms with van der Waals surface area (Å²) in [4.78, 5) is 29.1. The average Bonchev–Trinajstić information content (AvgIpc) is 2.37. The van der Waals surface area contributed by atoms with Crippen molar-refractivity contribution >= 4 is 13.7 Å². The van der Waals surface area contributed by atoms with Gasteiger partial charge in [0.15, 0.2) is 0 Å². The molecule has 0 aliphatic carbocycles. The second-order valence-electron chi connectivity index (χ2n) is 3.80. The smallest absolute Gasteiger partial charge is 0.404 e. The van der Waals surface area contributed by atoms with Gasteiger partial charge in [0.05, 0.1) is 6.67 Å². The number of hydrogen-bond donors (Lipinski definition) is 4. The lowest BCUT2D eigenvalue weighted by molar-refractivity contribution is -0.126. The molecule has 0 fully saturated rings. The fourth-order valence-electron chi connectivity index (χ4n) is 1.41. The first-order chi connectivity index (χ1) is 9.35. The van der Waals surface area contributed by atoms with Gasteiger partial charge in [-0.05, 0) is 12.6 Å². The van der Waals surface area contributed by atoms with Crippen LogP contribution >= 0.6 is 7.82 Å². The molecule has 0 saturated carbocycles. The predicted octanol–water partition coefficient (Wildman–Crippen LogP) is 2.12. The molecule has 1 atom stereocenters. The van der Waals surface area contributed by atoms with Gasteiger partial charge in [0.1, 0.15) is 5.75 Å². The fraction of sp³-hybridized carbons (Fsp3) is 0.462. The van der Waals surface area contributed by atoms with Crippen LogP contribution in [-0.4, -0.2) is 28.9 Å². The van der Waals surface area contributed by atoms with Crippen LogP contribution in [0.1, 0.15) is 33.5 Å². The Kier molecular flexibility index (Phi) is 10.7. The number of rotatable bonds is 7. The minimum atomic E-state index is -4.82. The van der Waals surface area contributed by atoms with Crippen molar-refractivity contribution in [1.29, 1.82) is 0 Å². The Morgan fingerprint density at radius 2 is 1.95 bits per heavy atom. The number of carbonyl (C=O) groups is 1. The normalized spacial score (nSPS) is 11.6. The molecule has 0 bridgehead atoms. The van der Waals surface area contributed by atoms with Crippen LogP contribution in [0.5, 0.6) is 5.75 Å². The van der Waals surface area contributed by atoms with Crippen molar-refractivity contribution in [3.8, 4) is 5.75 Å². The van der Waals surface area contributed by atoms with Crippen LogP contribution in [0.25, 0.3) is 0 Å². The summed E-state index contributed by atoms with van der Waals surface area (Å²) in [6, 6.07) is 5.25. The Morgan fingerprint density at radius 3 is 2.50 bits per heavy atom. The molecular formula is C13H24FN2O5P. The quantitative estimate of drug-likeness (QED) is 0.345. The van der Waals surface area contributed by atoms with Crippen LogP contribution in [0.4, 0.5) is 4.39 Å². The highest BCUT2D eigenvalue weighted by Crippen LogP contribution is 2.41. The van der Waals surface area contributed by atoms with Crippen molar-refractivity contribution < 1.29 is 28.1 Å². The van der Waals surface area contributed by atoms with Gasteiger partial charge in [0.2, 0.25) is 6.17 Å². The molecule has 0 heterocycles. The number of alkyl halides is 1. The van der Waals surface area contributed by atoms with Gasteiger partial charge in [-0.1, -0.05) is 40.0 Å². The van der Waals surface area contributed by atoms with Gasteiger partial charge in [0.25, 0.3) is 5.91 Å². The van der Waals surface area contributed by atoms with Crippen LogP contribution in [0, 0.1) is 0 Å². The van der Waals surface area contributed by atoms with Crippen molar-refractivity contribution in [2.75, 3.05) is 13.2 Å². The number of carbonyl (C=O) groups excluding carboxylic acids is 1. The summed E-state index contributed by atoms with van der Waals surface area (Å²) >= 11 is 0. The maximum absolute atomic E-state index is 14.0. The first kappa shape index (κ1) is 22.8. The zero-order valence-electron chi connectivity index (χ0n) is 10.7. The summed E-state index contributed by atoms with van der Waals surface area (Å²) in [7, 11) is -4.82. The molecule has 0 saturated heterocycles. The molecule has 0 aromatic heterocycles. The second kappa shape index (κ2) is 10.3. The van der Waals surface area contributed by atoms with E-state index in [0.29, 0.717) is 6.54 Å². The second-order valence-corrected chi connectivity index (χ2v) is 4.97. The Labute approximate surface area is 130 Å². The molecule has 0 radical (unpaired) electrons. The third-order valence-corrected chi connectivity index (χ3v) is 2.71. The first-order valence-corrected chi connectivity index (χ1v) is 7.34. The summed E-state index contributed by atoms with van der Waals surface area (Å²) in [6.45, 7) is 2.52. The topological polar surface area (TPSA) is 108 Å². The van der Waals surface area contributed by atoms with Crippen LogP contribution in [0.15, 0.2) is 24.3 Å². The summed E-state index contributed by atoms with van der Waals surface area (Å²) < 4.78 is 29.2. The first-order valence-electron chi connectivity index (χ1n) is 5.81. The molecule has 1 aromatic rings. The third-order valence-electron chi connectivity index (χ3n) is 2.28. The van der Waals surface area contributed by atoms with Crippen molar-refractivity contribution in [3.63, 3.8) is 0 Å². The SMILES string of the molecule is C.C.CCNCNC(=O)C(F)c1ccccc1OP(=O)(O)O. The lowest BCUT2D eigenvalue weighted by Gasteiger charge is -2.14. The zero-order valence-corrected chi connectivity index (χ0v) is 11.6. The lowest BCUT2D eigenvalue weighted by Crippen LogP contribution is -2.35. The molecule has 9 heteroatoms. The highest BCUT2D eigenvalue weighted by Gasteiger charge is 2.26. The minimum absolute atomic E-state index is 0. The molecule has 1 rings (SSSR count). The number of amides is 1. The maximum atomic E-state index is 14.0. The molecule has 128 valence electrons. The Morgan fingerprint density at radius 1 is 1.36 bits per heavy atom. The summed E-state index contributed by atoms with van der Waals surface area (Å²) in [6.07, 6.45) is -2.09. The van der Waals surface area contributed by atoms with Gasteiger partial charge in [-0.15, -0.1) is 0 Å². The predicted molar refractivity (Wildman–Crippen MR) is 83.1 cm³/mol. The highest BCUT2D eigenvalue weighted by atomic mass is 31.2. The molecule has 1 unspecified atom stereocenters. The van der Waals surface area contributed by atoms with Gasteiger partial charge in [-0.2, -0.15) is 0 Å². The van der Waals surface area contributed by atoms with Crippen LogP contribution in [0.2, 0.25) is 0 Å². The summed E-state index contributed by atoms with van der Waals surface area (Å²) in [5.74, 6) is -1.29. The van der Waals surface area contributed by atoms with Crippen molar-refractivity contribution in [2.45, 2.75) is 27.9 Å². The van der Waals surface area contributed by atoms with E-state index >= 15 is 0 Å². The van der Waals surface area contributed by atoms with E-state index in [9.17, 15) is 13.8 Å². The molecule has 0 spiro atoms. The van der Waals surface area contributed by atoms with E-state index in [2.05, 4.69) is 15.2 Å². The molecule has 7 nitrogen and oxygen atoms in total. The summed E-state index contributed by atoms with van der Waals surface area (Å²) in [5, 5.41) is 5.08. The van der Waals surface area contributed by atoms with E-state index < -0.39 is 19.9 Å². The third kappa shape index (κ3) is 7.51. The monoisotopic (exact) mass is 338 g/mol. The van der Waals surface area contributed by atoms with Crippen molar-refractivity contribution in [1.82, 2.24) is 10.6 Å². The molecule has 0 aliphatic heterocycles. The summed E-state index contributed by atoms with van der Waals surface area (Å²) in [5.41, 5.74) is -0.246. The van der Waals surface area contributed by atoms with Gasteiger partial charge >= 0.3 is 7.82 Å². The molecule has 0 aliphatic rings. The molecular weight excluding hydrogens is 314 g/mol. The number of phosphoric ester groups is 1. The van der Waals surface area contributed by atoms with Crippen LogP contribution in [0.3, 0.4) is 0 Å². The Bertz CT molecular complexity index is 509. The van der Waals surface area contributed by atoms with Gasteiger partial charge in [-0.3, -0.25) is 14.6 Å². The van der Waals surface area contributed by atoms with E-state index in [1.165, 1.54) is 24.3 Å². The van der Waals surface area contributed by atoms with E-state index in [4.69, 9.17) is 9.79 Å². The number of benzene rings is 1. The number of nitrogens with one attached hydrogen (secondary N) is 2. The average molecular weight is 338 g/mol. The zero-order chi connectivity index (χ0) is 15.2. The van der Waals surface area contributed by atoms with Gasteiger partial charge in [0, 0.05) is 5.56 Å². The maximum Gasteiger partial charge on any atom is 0.524 e. The van der Waals surface area contributed by atoms with Gasteiger partial charge in [-0.25, -0.2) is 8.96 Å². The van der Waals surface area contributed by atoms with E-state index in [0.717, 1.165) is 0 Å². The van der Waals surface area contributed by atoms with Crippen molar-refractivity contribution in [3.05, 3.63) is 29.8 Å². The standard InChI is InChI=1S/C11H16FN2O5P.2CH4/c1-2-13-7-14-11(15)10(12)8-5-3-4-6-9(8)19-20(16,17)18;;/h3-6,10,13H,2,7H2,1H3,(H,14,15)(H2,16,17,18);2*1H4. The van der Waals surface area contributed by atoms with E-state index in [-0.39, 0.29) is 32.8 Å². The number of phosphoric acid groups is 1. The minimum Gasteiger partial charge on any atom is -0.404 e. The number of hydrogen-bond acceptors (Lipinski definition) is 4. The molecule has 22 heavy (non-hydrogen) atoms. The molecule has 4 N–H and O–H groups in total. The Hall–Kier alpha value is -1.47. The van der Waals surface area contributed by atoms with Crippen molar-refractivity contribution in [2.24, 2.45) is 0 Å².